The lowest BCUT2D eigenvalue weighted by Crippen LogP contribution is -2.19. The molecule has 0 aliphatic heterocycles. The maximum absolute atomic E-state index is 12.6. The fourth-order valence-corrected chi connectivity index (χ4v) is 2.41. The fourth-order valence-electron chi connectivity index (χ4n) is 2.41. The second-order valence-corrected chi connectivity index (χ2v) is 6.48. The highest BCUT2D eigenvalue weighted by Gasteiger charge is 2.37. The van der Waals surface area contributed by atoms with E-state index in [2.05, 4.69) is 10.4 Å². The zero-order valence-corrected chi connectivity index (χ0v) is 14.2. The van der Waals surface area contributed by atoms with Crippen molar-refractivity contribution >= 4 is 23.3 Å². The van der Waals surface area contributed by atoms with Crippen LogP contribution in [0.5, 0.6) is 0 Å². The van der Waals surface area contributed by atoms with Crippen LogP contribution in [0.1, 0.15) is 47.3 Å². The molecule has 1 heterocycles. The van der Waals surface area contributed by atoms with Gasteiger partial charge in [-0.1, -0.05) is 32.9 Å². The van der Waals surface area contributed by atoms with Gasteiger partial charge in [-0.15, -0.1) is 0 Å². The van der Waals surface area contributed by atoms with Crippen molar-refractivity contribution < 1.29 is 19.6 Å². The van der Waals surface area contributed by atoms with Gasteiger partial charge in [-0.05, 0) is 12.1 Å². The number of hydrogen-bond acceptors (Lipinski definition) is 5. The minimum Gasteiger partial charge on any atom is -0.478 e. The Morgan fingerprint density at radius 3 is 2.40 bits per heavy atom. The predicted octanol–water partition coefficient (Wildman–Crippen LogP) is 2.58. The summed E-state index contributed by atoms with van der Waals surface area (Å²) in [4.78, 5) is 34.7. The molecule has 0 radical (unpaired) electrons. The molecule has 0 saturated carbocycles. The first kappa shape index (κ1) is 18.1. The van der Waals surface area contributed by atoms with Gasteiger partial charge in [-0.25, -0.2) is 4.79 Å². The summed E-state index contributed by atoms with van der Waals surface area (Å²) in [5.41, 5.74) is -1.16. The molecule has 2 aromatic rings. The molecule has 0 aliphatic carbocycles. The third-order valence-corrected chi connectivity index (χ3v) is 3.54. The Bertz CT molecular complexity index is 864. The number of carbonyl (C=O) groups excluding carboxylic acids is 1. The number of amides is 1. The van der Waals surface area contributed by atoms with Gasteiger partial charge in [0.2, 0.25) is 5.69 Å². The highest BCUT2D eigenvalue weighted by atomic mass is 16.6. The van der Waals surface area contributed by atoms with Gasteiger partial charge in [0.1, 0.15) is 5.69 Å². The molecule has 0 spiro atoms. The van der Waals surface area contributed by atoms with E-state index in [-0.39, 0.29) is 28.3 Å². The van der Waals surface area contributed by atoms with Gasteiger partial charge in [0, 0.05) is 12.5 Å². The van der Waals surface area contributed by atoms with Crippen LogP contribution in [0.25, 0.3) is 0 Å². The Morgan fingerprint density at radius 1 is 1.28 bits per heavy atom. The number of anilines is 1. The van der Waals surface area contributed by atoms with Gasteiger partial charge in [0.05, 0.1) is 16.2 Å². The monoisotopic (exact) mass is 346 g/mol. The third-order valence-electron chi connectivity index (χ3n) is 3.54. The Kier molecular flexibility index (Phi) is 4.60. The van der Waals surface area contributed by atoms with Crippen molar-refractivity contribution in [2.24, 2.45) is 7.05 Å². The van der Waals surface area contributed by atoms with E-state index in [1.807, 2.05) is 0 Å². The number of aryl methyl sites for hydroxylation is 1. The summed E-state index contributed by atoms with van der Waals surface area (Å²) in [5.74, 6) is -2.02. The summed E-state index contributed by atoms with van der Waals surface area (Å²) in [7, 11) is 1.43. The largest absolute Gasteiger partial charge is 0.478 e. The van der Waals surface area contributed by atoms with Crippen LogP contribution >= 0.6 is 0 Å². The molecule has 9 nitrogen and oxygen atoms in total. The van der Waals surface area contributed by atoms with Crippen LogP contribution in [-0.2, 0) is 12.5 Å². The number of carboxylic acids is 1. The van der Waals surface area contributed by atoms with E-state index < -0.39 is 22.2 Å². The number of para-hydroxylation sites is 1. The van der Waals surface area contributed by atoms with Crippen molar-refractivity contribution in [1.29, 1.82) is 0 Å². The number of rotatable bonds is 4. The molecule has 0 saturated heterocycles. The Hall–Kier alpha value is -3.23. The number of aromatic nitrogens is 2. The lowest BCUT2D eigenvalue weighted by atomic mass is 9.91. The average Bonchev–Trinajstić information content (AvgIpc) is 2.85. The number of aromatic carboxylic acids is 1. The number of nitrogens with one attached hydrogen (secondary N) is 1. The van der Waals surface area contributed by atoms with Gasteiger partial charge in [0.25, 0.3) is 5.91 Å². The number of hydrogen-bond donors (Lipinski definition) is 2. The summed E-state index contributed by atoms with van der Waals surface area (Å²) in [6.45, 7) is 5.26. The molecule has 1 aromatic carbocycles. The third kappa shape index (κ3) is 3.49. The maximum Gasteiger partial charge on any atom is 0.337 e. The molecule has 2 rings (SSSR count). The van der Waals surface area contributed by atoms with Crippen LogP contribution in [0.3, 0.4) is 0 Å². The first-order valence-corrected chi connectivity index (χ1v) is 7.39. The maximum atomic E-state index is 12.6. The van der Waals surface area contributed by atoms with Crippen molar-refractivity contribution in [3.8, 4) is 0 Å². The van der Waals surface area contributed by atoms with Crippen LogP contribution in [0.2, 0.25) is 0 Å². The van der Waals surface area contributed by atoms with Gasteiger partial charge in [0.15, 0.2) is 0 Å². The molecule has 132 valence electrons. The predicted molar refractivity (Wildman–Crippen MR) is 89.9 cm³/mol. The summed E-state index contributed by atoms with van der Waals surface area (Å²) in [5, 5.41) is 27.2. The van der Waals surface area contributed by atoms with E-state index in [1.54, 1.807) is 26.8 Å². The molecule has 25 heavy (non-hydrogen) atoms. The molecule has 9 heteroatoms. The highest BCUT2D eigenvalue weighted by Crippen LogP contribution is 2.33. The van der Waals surface area contributed by atoms with Gasteiger partial charge < -0.3 is 10.4 Å². The zero-order chi connectivity index (χ0) is 18.9. The first-order chi connectivity index (χ1) is 11.5. The standard InChI is InChI=1S/C16H18N4O5/c1-16(2,3)13-11(20(24)25)12(19(4)18-13)14(21)17-10-8-6-5-7-9(10)15(22)23/h5-8H,1-4H3,(H,17,21)(H,22,23). The van der Waals surface area contributed by atoms with Crippen molar-refractivity contribution in [1.82, 2.24) is 9.78 Å². The number of carboxylic acid groups (broad SMARTS) is 1. The minimum absolute atomic E-state index is 0.0489. The molecule has 1 amide bonds. The molecule has 0 unspecified atom stereocenters. The van der Waals surface area contributed by atoms with Gasteiger partial charge >= 0.3 is 11.7 Å². The molecule has 1 aromatic heterocycles. The average molecular weight is 346 g/mol. The molecule has 0 atom stereocenters. The minimum atomic E-state index is -1.22. The van der Waals surface area contributed by atoms with E-state index in [0.29, 0.717) is 0 Å². The van der Waals surface area contributed by atoms with Crippen LogP contribution in [-0.4, -0.2) is 31.7 Å². The molecule has 0 bridgehead atoms. The molecular formula is C16H18N4O5. The topological polar surface area (TPSA) is 127 Å². The van der Waals surface area contributed by atoms with E-state index in [0.717, 1.165) is 4.68 Å². The van der Waals surface area contributed by atoms with Crippen LogP contribution in [0, 0.1) is 10.1 Å². The summed E-state index contributed by atoms with van der Waals surface area (Å²) in [6.07, 6.45) is 0. The first-order valence-electron chi connectivity index (χ1n) is 7.39. The number of nitro groups is 1. The second-order valence-electron chi connectivity index (χ2n) is 6.48. The Balaban J connectivity index is 2.53. The van der Waals surface area contributed by atoms with Gasteiger partial charge in [-0.2, -0.15) is 5.10 Å². The summed E-state index contributed by atoms with van der Waals surface area (Å²) in [6, 6.07) is 5.81. The Labute approximate surface area is 143 Å². The van der Waals surface area contributed by atoms with E-state index in [4.69, 9.17) is 0 Å². The van der Waals surface area contributed by atoms with Crippen LogP contribution in [0.15, 0.2) is 24.3 Å². The molecule has 0 fully saturated rings. The van der Waals surface area contributed by atoms with Crippen molar-refractivity contribution in [2.45, 2.75) is 26.2 Å². The second kappa shape index (κ2) is 6.34. The van der Waals surface area contributed by atoms with Crippen molar-refractivity contribution in [3.63, 3.8) is 0 Å². The zero-order valence-electron chi connectivity index (χ0n) is 14.2. The highest BCUT2D eigenvalue weighted by molar-refractivity contribution is 6.09. The van der Waals surface area contributed by atoms with Crippen molar-refractivity contribution in [3.05, 3.63) is 51.3 Å². The number of carbonyl (C=O) groups is 2. The van der Waals surface area contributed by atoms with Crippen LogP contribution in [0.4, 0.5) is 11.4 Å². The van der Waals surface area contributed by atoms with E-state index in [9.17, 15) is 24.8 Å². The number of nitrogens with zero attached hydrogens (tertiary/aromatic N) is 3. The van der Waals surface area contributed by atoms with Crippen LogP contribution < -0.4 is 5.32 Å². The van der Waals surface area contributed by atoms with Gasteiger partial charge in [-0.3, -0.25) is 19.6 Å². The molecule has 2 N–H and O–H groups in total. The lowest BCUT2D eigenvalue weighted by molar-refractivity contribution is -0.386. The van der Waals surface area contributed by atoms with E-state index in [1.165, 1.54) is 25.2 Å². The number of benzene rings is 1. The summed E-state index contributed by atoms with van der Waals surface area (Å²) >= 11 is 0. The molecular weight excluding hydrogens is 328 g/mol. The molecule has 0 aliphatic rings. The fraction of sp³-hybridized carbons (Fsp3) is 0.312. The smallest absolute Gasteiger partial charge is 0.337 e. The lowest BCUT2D eigenvalue weighted by Gasteiger charge is -2.13. The SMILES string of the molecule is Cn1nc(C(C)(C)C)c([N+](=O)[O-])c1C(=O)Nc1ccccc1C(=O)O. The summed E-state index contributed by atoms with van der Waals surface area (Å²) < 4.78 is 1.14. The normalized spacial score (nSPS) is 11.2. The quantitative estimate of drug-likeness (QED) is 0.647. The van der Waals surface area contributed by atoms with E-state index >= 15 is 0 Å². The van der Waals surface area contributed by atoms with Crippen molar-refractivity contribution in [2.75, 3.05) is 5.32 Å². The Morgan fingerprint density at radius 2 is 1.88 bits per heavy atom.